The second-order valence-electron chi connectivity index (χ2n) is 3.19. The van der Waals surface area contributed by atoms with Gasteiger partial charge in [-0.25, -0.2) is 0 Å². The Bertz CT molecular complexity index is 199. The number of hydrogen-bond acceptors (Lipinski definition) is 2. The molecule has 0 bridgehead atoms. The van der Waals surface area contributed by atoms with Crippen molar-refractivity contribution in [2.24, 2.45) is 5.73 Å². The Morgan fingerprint density at radius 3 is 2.92 bits per heavy atom. The summed E-state index contributed by atoms with van der Waals surface area (Å²) >= 11 is 0. The van der Waals surface area contributed by atoms with Gasteiger partial charge in [0.15, 0.2) is 0 Å². The molecule has 0 aromatic rings. The molecule has 1 aliphatic carbocycles. The fourth-order valence-corrected chi connectivity index (χ4v) is 1.48. The Kier molecular flexibility index (Phi) is 3.29. The van der Waals surface area contributed by atoms with Crippen LogP contribution >= 0.6 is 0 Å². The van der Waals surface area contributed by atoms with Gasteiger partial charge < -0.3 is 10.8 Å². The number of hydrogen-bond donors (Lipinski definition) is 2. The van der Waals surface area contributed by atoms with Gasteiger partial charge in [0.05, 0.1) is 0 Å². The minimum absolute atomic E-state index is 0.775. The quantitative estimate of drug-likeness (QED) is 0.612. The number of carbonyl (C=O) groups is 1. The lowest BCUT2D eigenvalue weighted by Crippen LogP contribution is -2.32. The third-order valence-corrected chi connectivity index (χ3v) is 2.24. The highest BCUT2D eigenvalue weighted by Gasteiger charge is 2.17. The molecule has 1 aliphatic rings. The van der Waals surface area contributed by atoms with Gasteiger partial charge in [-0.05, 0) is 31.3 Å². The summed E-state index contributed by atoms with van der Waals surface area (Å²) in [5, 5.41) is 8.66. The maximum Gasteiger partial charge on any atom is 0.324 e. The normalized spacial score (nSPS) is 20.9. The highest BCUT2D eigenvalue weighted by molar-refractivity contribution is 5.77. The van der Waals surface area contributed by atoms with Crippen LogP contribution in [0.3, 0.4) is 0 Å². The maximum absolute atomic E-state index is 10.5. The zero-order chi connectivity index (χ0) is 8.97. The number of aliphatic carboxylic acids is 1. The molecule has 1 rings (SSSR count). The highest BCUT2D eigenvalue weighted by Crippen LogP contribution is 2.18. The van der Waals surface area contributed by atoms with Crippen LogP contribution in [0.15, 0.2) is 11.6 Å². The van der Waals surface area contributed by atoms with Crippen molar-refractivity contribution in [2.75, 3.05) is 0 Å². The average molecular weight is 169 g/mol. The third kappa shape index (κ3) is 2.34. The van der Waals surface area contributed by atoms with E-state index in [1.165, 1.54) is 6.42 Å². The zero-order valence-electron chi connectivity index (χ0n) is 7.12. The van der Waals surface area contributed by atoms with Crippen molar-refractivity contribution in [3.8, 4) is 0 Å². The van der Waals surface area contributed by atoms with E-state index in [1.807, 2.05) is 6.08 Å². The van der Waals surface area contributed by atoms with Crippen LogP contribution < -0.4 is 5.73 Å². The molecule has 0 fully saturated rings. The smallest absolute Gasteiger partial charge is 0.324 e. The van der Waals surface area contributed by atoms with Gasteiger partial charge in [0, 0.05) is 0 Å². The van der Waals surface area contributed by atoms with Crippen LogP contribution in [0.25, 0.3) is 0 Å². The minimum Gasteiger partial charge on any atom is -0.480 e. The molecule has 0 amide bonds. The van der Waals surface area contributed by atoms with Crippen molar-refractivity contribution >= 4 is 5.97 Å². The topological polar surface area (TPSA) is 63.3 Å². The third-order valence-electron chi connectivity index (χ3n) is 2.24. The van der Waals surface area contributed by atoms with Crippen molar-refractivity contribution < 1.29 is 9.90 Å². The minimum atomic E-state index is -0.914. The van der Waals surface area contributed by atoms with Crippen LogP contribution in [0.4, 0.5) is 0 Å². The Morgan fingerprint density at radius 2 is 2.25 bits per heavy atom. The van der Waals surface area contributed by atoms with E-state index in [-0.39, 0.29) is 0 Å². The standard InChI is InChI=1S/C9H15NO2/c10-8(9(11)12)7-5-3-1-2-4-6-7/h5,8H,1-4,6,10H2,(H,11,12)/t8-/m1/s1. The van der Waals surface area contributed by atoms with Gasteiger partial charge >= 0.3 is 5.97 Å². The molecule has 3 nitrogen and oxygen atoms in total. The molecular weight excluding hydrogens is 154 g/mol. The van der Waals surface area contributed by atoms with E-state index in [9.17, 15) is 4.79 Å². The molecule has 0 radical (unpaired) electrons. The van der Waals surface area contributed by atoms with Gasteiger partial charge in [0.2, 0.25) is 0 Å². The lowest BCUT2D eigenvalue weighted by molar-refractivity contribution is -0.137. The second-order valence-corrected chi connectivity index (χ2v) is 3.19. The first kappa shape index (κ1) is 9.26. The molecule has 3 N–H and O–H groups in total. The summed E-state index contributed by atoms with van der Waals surface area (Å²) in [6.07, 6.45) is 7.25. The molecule has 0 aromatic heterocycles. The van der Waals surface area contributed by atoms with Gasteiger partial charge in [-0.2, -0.15) is 0 Å². The number of allylic oxidation sites excluding steroid dienone is 1. The number of nitrogens with two attached hydrogens (primary N) is 1. The van der Waals surface area contributed by atoms with Gasteiger partial charge in [-0.3, -0.25) is 4.79 Å². The largest absolute Gasteiger partial charge is 0.480 e. The Morgan fingerprint density at radius 1 is 1.50 bits per heavy atom. The van der Waals surface area contributed by atoms with Crippen molar-refractivity contribution in [1.82, 2.24) is 0 Å². The fourth-order valence-electron chi connectivity index (χ4n) is 1.48. The van der Waals surface area contributed by atoms with Crippen LogP contribution in [0.5, 0.6) is 0 Å². The van der Waals surface area contributed by atoms with E-state index in [0.717, 1.165) is 31.3 Å². The van der Waals surface area contributed by atoms with E-state index in [0.29, 0.717) is 0 Å². The van der Waals surface area contributed by atoms with Gasteiger partial charge in [0.1, 0.15) is 6.04 Å². The molecule has 0 heterocycles. The summed E-state index contributed by atoms with van der Waals surface area (Å²) in [6, 6.07) is -0.775. The Hall–Kier alpha value is -0.830. The fraction of sp³-hybridized carbons (Fsp3) is 0.667. The lowest BCUT2D eigenvalue weighted by Gasteiger charge is -2.09. The molecule has 1 atom stereocenters. The molecule has 0 spiro atoms. The summed E-state index contributed by atoms with van der Waals surface area (Å²) in [7, 11) is 0. The molecule has 3 heteroatoms. The lowest BCUT2D eigenvalue weighted by atomic mass is 10.0. The number of rotatable bonds is 2. The van der Waals surface area contributed by atoms with Crippen LogP contribution in [0.2, 0.25) is 0 Å². The zero-order valence-corrected chi connectivity index (χ0v) is 7.12. The van der Waals surface area contributed by atoms with Crippen molar-refractivity contribution in [1.29, 1.82) is 0 Å². The van der Waals surface area contributed by atoms with E-state index >= 15 is 0 Å². The summed E-state index contributed by atoms with van der Waals surface area (Å²) in [4.78, 5) is 10.5. The van der Waals surface area contributed by atoms with Gasteiger partial charge in [-0.15, -0.1) is 0 Å². The van der Waals surface area contributed by atoms with Crippen molar-refractivity contribution in [2.45, 2.75) is 38.1 Å². The molecular formula is C9H15NO2. The molecule has 0 saturated heterocycles. The number of carboxylic acids is 1. The van der Waals surface area contributed by atoms with Crippen molar-refractivity contribution in [3.63, 3.8) is 0 Å². The van der Waals surface area contributed by atoms with Crippen LogP contribution in [-0.2, 0) is 4.79 Å². The summed E-state index contributed by atoms with van der Waals surface area (Å²) < 4.78 is 0. The Balaban J connectivity index is 2.58. The molecule has 68 valence electrons. The van der Waals surface area contributed by atoms with Crippen LogP contribution in [0.1, 0.15) is 32.1 Å². The number of carboxylic acid groups (broad SMARTS) is 1. The van der Waals surface area contributed by atoms with E-state index in [2.05, 4.69) is 0 Å². The summed E-state index contributed by atoms with van der Waals surface area (Å²) in [5.41, 5.74) is 6.40. The van der Waals surface area contributed by atoms with Gasteiger partial charge in [-0.1, -0.05) is 12.5 Å². The maximum atomic E-state index is 10.5. The summed E-state index contributed by atoms with van der Waals surface area (Å²) in [6.45, 7) is 0. The first-order chi connectivity index (χ1) is 5.72. The van der Waals surface area contributed by atoms with Crippen LogP contribution in [0, 0.1) is 0 Å². The highest BCUT2D eigenvalue weighted by atomic mass is 16.4. The SMILES string of the molecule is N[C@@H](C(=O)O)C1=CCCCCC1. The first-order valence-corrected chi connectivity index (χ1v) is 4.39. The predicted octanol–water partition coefficient (Wildman–Crippen LogP) is 1.29. The first-order valence-electron chi connectivity index (χ1n) is 4.39. The molecule has 12 heavy (non-hydrogen) atoms. The van der Waals surface area contributed by atoms with Crippen molar-refractivity contribution in [3.05, 3.63) is 11.6 Å². The second kappa shape index (κ2) is 4.26. The monoisotopic (exact) mass is 169 g/mol. The van der Waals surface area contributed by atoms with Crippen LogP contribution in [-0.4, -0.2) is 17.1 Å². The predicted molar refractivity (Wildman–Crippen MR) is 46.8 cm³/mol. The van der Waals surface area contributed by atoms with E-state index < -0.39 is 12.0 Å². The molecule has 0 aliphatic heterocycles. The van der Waals surface area contributed by atoms with E-state index in [1.54, 1.807) is 0 Å². The Labute approximate surface area is 72.3 Å². The average Bonchev–Trinajstić information content (AvgIpc) is 2.30. The van der Waals surface area contributed by atoms with E-state index in [4.69, 9.17) is 10.8 Å². The molecule has 0 saturated carbocycles. The molecule has 0 unspecified atom stereocenters. The summed E-state index contributed by atoms with van der Waals surface area (Å²) in [5.74, 6) is -0.914. The van der Waals surface area contributed by atoms with Gasteiger partial charge in [0.25, 0.3) is 0 Å². The molecule has 0 aromatic carbocycles.